The van der Waals surface area contributed by atoms with Crippen LogP contribution in [0.3, 0.4) is 0 Å². The Morgan fingerprint density at radius 2 is 2.00 bits per heavy atom. The fourth-order valence-corrected chi connectivity index (χ4v) is 3.30. The maximum absolute atomic E-state index is 3.53. The van der Waals surface area contributed by atoms with E-state index >= 15 is 0 Å². The van der Waals surface area contributed by atoms with Gasteiger partial charge in [0, 0.05) is 18.1 Å². The Balaban J connectivity index is 2.62. The van der Waals surface area contributed by atoms with Gasteiger partial charge >= 0.3 is 0 Å². The van der Waals surface area contributed by atoms with Gasteiger partial charge in [0.15, 0.2) is 0 Å². The Bertz CT molecular complexity index is 205. The first-order valence-electron chi connectivity index (χ1n) is 7.53. The van der Waals surface area contributed by atoms with Crippen molar-refractivity contribution in [2.24, 2.45) is 5.92 Å². The molecule has 1 rings (SSSR count). The minimum atomic E-state index is 0.696. The molecule has 0 bridgehead atoms. The molecule has 0 aromatic carbocycles. The molecule has 0 aliphatic heterocycles. The minimum Gasteiger partial charge on any atom is -0.315 e. The van der Waals surface area contributed by atoms with Crippen molar-refractivity contribution in [2.75, 3.05) is 14.1 Å². The lowest BCUT2D eigenvalue weighted by Crippen LogP contribution is -2.53. The van der Waals surface area contributed by atoms with E-state index in [1.165, 1.54) is 38.5 Å². The second kappa shape index (κ2) is 7.38. The Morgan fingerprint density at radius 1 is 1.29 bits per heavy atom. The molecule has 4 unspecified atom stereocenters. The molecule has 0 saturated heterocycles. The molecule has 0 spiro atoms. The highest BCUT2D eigenvalue weighted by Crippen LogP contribution is 2.31. The fraction of sp³-hybridized carbons (Fsp3) is 1.00. The summed E-state index contributed by atoms with van der Waals surface area (Å²) in [6, 6.07) is 2.14. The van der Waals surface area contributed by atoms with Crippen LogP contribution in [0.15, 0.2) is 0 Å². The Hall–Kier alpha value is -0.0800. The quantitative estimate of drug-likeness (QED) is 0.766. The SMILES string of the molecule is CCCC1CCC(NC)C(N(C)C(C)CC)C1. The van der Waals surface area contributed by atoms with E-state index in [-0.39, 0.29) is 0 Å². The van der Waals surface area contributed by atoms with Gasteiger partial charge in [-0.2, -0.15) is 0 Å². The molecule has 0 heterocycles. The lowest BCUT2D eigenvalue weighted by Gasteiger charge is -2.43. The highest BCUT2D eigenvalue weighted by atomic mass is 15.2. The smallest absolute Gasteiger partial charge is 0.0251 e. The zero-order valence-electron chi connectivity index (χ0n) is 12.5. The number of nitrogens with one attached hydrogen (secondary N) is 1. The topological polar surface area (TPSA) is 15.3 Å². The maximum atomic E-state index is 3.53. The summed E-state index contributed by atoms with van der Waals surface area (Å²) in [6.07, 6.45) is 8.18. The average molecular weight is 240 g/mol. The van der Waals surface area contributed by atoms with Crippen molar-refractivity contribution >= 4 is 0 Å². The van der Waals surface area contributed by atoms with E-state index in [0.29, 0.717) is 12.1 Å². The predicted molar refractivity (Wildman–Crippen MR) is 76.4 cm³/mol. The summed E-state index contributed by atoms with van der Waals surface area (Å²) in [4.78, 5) is 2.61. The van der Waals surface area contributed by atoms with Crippen LogP contribution in [0.4, 0.5) is 0 Å². The molecule has 1 N–H and O–H groups in total. The number of likely N-dealkylation sites (N-methyl/N-ethyl adjacent to an activating group) is 2. The van der Waals surface area contributed by atoms with E-state index in [9.17, 15) is 0 Å². The monoisotopic (exact) mass is 240 g/mol. The van der Waals surface area contributed by atoms with E-state index in [1.807, 2.05) is 0 Å². The Morgan fingerprint density at radius 3 is 2.53 bits per heavy atom. The van der Waals surface area contributed by atoms with Crippen LogP contribution in [-0.2, 0) is 0 Å². The summed E-state index contributed by atoms with van der Waals surface area (Å²) in [5, 5.41) is 3.53. The lowest BCUT2D eigenvalue weighted by molar-refractivity contribution is 0.0883. The highest BCUT2D eigenvalue weighted by molar-refractivity contribution is 4.90. The molecule has 1 fully saturated rings. The van der Waals surface area contributed by atoms with Gasteiger partial charge in [0.2, 0.25) is 0 Å². The van der Waals surface area contributed by atoms with Crippen molar-refractivity contribution in [1.29, 1.82) is 0 Å². The van der Waals surface area contributed by atoms with Gasteiger partial charge < -0.3 is 5.32 Å². The molecule has 0 amide bonds. The first-order valence-corrected chi connectivity index (χ1v) is 7.53. The zero-order valence-corrected chi connectivity index (χ0v) is 12.5. The molecule has 1 aliphatic rings. The largest absolute Gasteiger partial charge is 0.315 e. The lowest BCUT2D eigenvalue weighted by atomic mass is 9.79. The third-order valence-electron chi connectivity index (χ3n) is 4.80. The highest BCUT2D eigenvalue weighted by Gasteiger charge is 2.32. The van der Waals surface area contributed by atoms with E-state index in [1.54, 1.807) is 0 Å². The average Bonchev–Trinajstić information content (AvgIpc) is 2.37. The molecule has 2 heteroatoms. The van der Waals surface area contributed by atoms with E-state index in [0.717, 1.165) is 12.0 Å². The van der Waals surface area contributed by atoms with Gasteiger partial charge in [-0.1, -0.05) is 26.7 Å². The van der Waals surface area contributed by atoms with Gasteiger partial charge in [-0.3, -0.25) is 4.90 Å². The van der Waals surface area contributed by atoms with Crippen molar-refractivity contribution in [1.82, 2.24) is 10.2 Å². The van der Waals surface area contributed by atoms with Crippen LogP contribution in [0.5, 0.6) is 0 Å². The van der Waals surface area contributed by atoms with E-state index in [2.05, 4.69) is 45.1 Å². The third-order valence-corrected chi connectivity index (χ3v) is 4.80. The van der Waals surface area contributed by atoms with Crippen molar-refractivity contribution < 1.29 is 0 Å². The van der Waals surface area contributed by atoms with Gasteiger partial charge in [0.1, 0.15) is 0 Å². The van der Waals surface area contributed by atoms with Crippen molar-refractivity contribution in [3.05, 3.63) is 0 Å². The maximum Gasteiger partial charge on any atom is 0.0251 e. The summed E-state index contributed by atoms with van der Waals surface area (Å²) >= 11 is 0. The van der Waals surface area contributed by atoms with Crippen LogP contribution in [0.2, 0.25) is 0 Å². The van der Waals surface area contributed by atoms with Gasteiger partial charge in [-0.25, -0.2) is 0 Å². The van der Waals surface area contributed by atoms with Crippen molar-refractivity contribution in [3.63, 3.8) is 0 Å². The van der Waals surface area contributed by atoms with Crippen molar-refractivity contribution in [3.8, 4) is 0 Å². The fourth-order valence-electron chi connectivity index (χ4n) is 3.30. The van der Waals surface area contributed by atoms with Crippen LogP contribution in [-0.4, -0.2) is 37.1 Å². The number of hydrogen-bond donors (Lipinski definition) is 1. The molecule has 4 atom stereocenters. The number of hydrogen-bond acceptors (Lipinski definition) is 2. The minimum absolute atomic E-state index is 0.696. The van der Waals surface area contributed by atoms with Crippen molar-refractivity contribution in [2.45, 2.75) is 77.4 Å². The summed E-state index contributed by atoms with van der Waals surface area (Å²) in [6.45, 7) is 6.97. The second-order valence-corrected chi connectivity index (χ2v) is 5.85. The van der Waals surface area contributed by atoms with Crippen LogP contribution in [0, 0.1) is 5.92 Å². The number of nitrogens with zero attached hydrogens (tertiary/aromatic N) is 1. The Kier molecular flexibility index (Phi) is 6.50. The third kappa shape index (κ3) is 3.96. The standard InChI is InChI=1S/C15H32N2/c1-6-8-13-9-10-14(16-4)15(11-13)17(5)12(3)7-2/h12-16H,6-11H2,1-5H3. The molecule has 1 saturated carbocycles. The molecule has 17 heavy (non-hydrogen) atoms. The molecule has 1 aliphatic carbocycles. The number of rotatable bonds is 6. The van der Waals surface area contributed by atoms with Crippen LogP contribution in [0.1, 0.15) is 59.3 Å². The van der Waals surface area contributed by atoms with Gasteiger partial charge in [-0.05, 0) is 52.6 Å². The molecule has 0 aromatic rings. The molecule has 0 aromatic heterocycles. The van der Waals surface area contributed by atoms with E-state index < -0.39 is 0 Å². The van der Waals surface area contributed by atoms with Crippen LogP contribution >= 0.6 is 0 Å². The summed E-state index contributed by atoms with van der Waals surface area (Å²) in [5.41, 5.74) is 0. The summed E-state index contributed by atoms with van der Waals surface area (Å²) in [7, 11) is 4.44. The van der Waals surface area contributed by atoms with Crippen LogP contribution in [0.25, 0.3) is 0 Å². The second-order valence-electron chi connectivity index (χ2n) is 5.85. The molecule has 2 nitrogen and oxygen atoms in total. The molecule has 0 radical (unpaired) electrons. The first-order chi connectivity index (χ1) is 8.13. The summed E-state index contributed by atoms with van der Waals surface area (Å²) in [5.74, 6) is 0.959. The van der Waals surface area contributed by atoms with Gasteiger partial charge in [0.05, 0.1) is 0 Å². The first kappa shape index (κ1) is 15.0. The summed E-state index contributed by atoms with van der Waals surface area (Å²) < 4.78 is 0. The predicted octanol–water partition coefficient (Wildman–Crippen LogP) is 3.27. The Labute approximate surface area is 108 Å². The van der Waals surface area contributed by atoms with Gasteiger partial charge in [0.25, 0.3) is 0 Å². The normalized spacial score (nSPS) is 31.8. The molecular formula is C15H32N2. The van der Waals surface area contributed by atoms with Gasteiger partial charge in [-0.15, -0.1) is 0 Å². The van der Waals surface area contributed by atoms with E-state index in [4.69, 9.17) is 0 Å². The molecule has 102 valence electrons. The zero-order chi connectivity index (χ0) is 12.8. The molecular weight excluding hydrogens is 208 g/mol. The van der Waals surface area contributed by atoms with Crippen LogP contribution < -0.4 is 5.32 Å².